The van der Waals surface area contributed by atoms with E-state index < -0.39 is 43.6 Å². The van der Waals surface area contributed by atoms with Crippen molar-refractivity contribution >= 4 is 21.4 Å². The quantitative estimate of drug-likeness (QED) is 0.442. The second-order valence-electron chi connectivity index (χ2n) is 3.82. The van der Waals surface area contributed by atoms with Crippen LogP contribution in [-0.4, -0.2) is 42.4 Å². The highest BCUT2D eigenvalue weighted by molar-refractivity contribution is 7.89. The Hall–Kier alpha value is -1.78. The molecule has 0 heterocycles. The lowest BCUT2D eigenvalue weighted by atomic mass is 10.3. The van der Waals surface area contributed by atoms with Gasteiger partial charge in [-0.1, -0.05) is 6.92 Å². The zero-order chi connectivity index (χ0) is 15.5. The first-order valence-corrected chi connectivity index (χ1v) is 7.04. The van der Waals surface area contributed by atoms with Gasteiger partial charge < -0.3 is 10.8 Å². The number of anilines is 1. The standard InChI is InChI=1S/C10H14FN3O5S/c1-2-13(3-4-15)20(18,19)10-8(11)5-7(14(16)17)6-9(10)12/h5-6,15H,2-4,12H2,1H3. The molecule has 0 fully saturated rings. The number of nitro groups is 1. The molecule has 0 amide bonds. The van der Waals surface area contributed by atoms with Crippen LogP contribution in [0.2, 0.25) is 0 Å². The highest BCUT2D eigenvalue weighted by Gasteiger charge is 2.30. The second kappa shape index (κ2) is 6.11. The first-order valence-electron chi connectivity index (χ1n) is 5.60. The molecule has 1 aromatic rings. The van der Waals surface area contributed by atoms with Crippen molar-refractivity contribution in [3.05, 3.63) is 28.1 Å². The Morgan fingerprint density at radius 2 is 2.10 bits per heavy atom. The molecule has 10 heteroatoms. The molecule has 0 radical (unpaired) electrons. The Balaban J connectivity index is 3.43. The van der Waals surface area contributed by atoms with Gasteiger partial charge in [0.2, 0.25) is 10.0 Å². The number of rotatable bonds is 6. The molecular formula is C10H14FN3O5S. The van der Waals surface area contributed by atoms with Crippen LogP contribution in [0.25, 0.3) is 0 Å². The smallest absolute Gasteiger partial charge is 0.274 e. The van der Waals surface area contributed by atoms with Crippen LogP contribution >= 0.6 is 0 Å². The number of hydrogen-bond donors (Lipinski definition) is 2. The number of nitrogens with zero attached hydrogens (tertiary/aromatic N) is 2. The van der Waals surface area contributed by atoms with E-state index >= 15 is 0 Å². The molecule has 20 heavy (non-hydrogen) atoms. The Labute approximate surface area is 114 Å². The van der Waals surface area contributed by atoms with Crippen molar-refractivity contribution in [1.29, 1.82) is 0 Å². The fraction of sp³-hybridized carbons (Fsp3) is 0.400. The third kappa shape index (κ3) is 3.03. The first-order chi connectivity index (χ1) is 9.25. The van der Waals surface area contributed by atoms with Crippen molar-refractivity contribution in [1.82, 2.24) is 4.31 Å². The summed E-state index contributed by atoms with van der Waals surface area (Å²) in [7, 11) is -4.27. The average Bonchev–Trinajstić information content (AvgIpc) is 2.34. The van der Waals surface area contributed by atoms with Gasteiger partial charge in [-0.3, -0.25) is 10.1 Å². The molecule has 0 atom stereocenters. The lowest BCUT2D eigenvalue weighted by Crippen LogP contribution is -2.34. The fourth-order valence-corrected chi connectivity index (χ4v) is 3.25. The maximum absolute atomic E-state index is 13.9. The van der Waals surface area contributed by atoms with Crippen molar-refractivity contribution < 1.29 is 22.8 Å². The molecule has 0 saturated heterocycles. The molecule has 0 aliphatic heterocycles. The number of sulfonamides is 1. The molecule has 3 N–H and O–H groups in total. The van der Waals surface area contributed by atoms with E-state index in [1.807, 2.05) is 0 Å². The van der Waals surface area contributed by atoms with E-state index in [0.29, 0.717) is 6.07 Å². The maximum Gasteiger partial charge on any atom is 0.274 e. The Morgan fingerprint density at radius 1 is 1.50 bits per heavy atom. The summed E-state index contributed by atoms with van der Waals surface area (Å²) in [6.07, 6.45) is 0. The van der Waals surface area contributed by atoms with Crippen molar-refractivity contribution in [2.24, 2.45) is 0 Å². The van der Waals surface area contributed by atoms with Gasteiger partial charge in [-0.15, -0.1) is 0 Å². The minimum atomic E-state index is -4.27. The molecule has 0 aliphatic carbocycles. The summed E-state index contributed by atoms with van der Waals surface area (Å²) in [5, 5.41) is 19.4. The van der Waals surface area contributed by atoms with Crippen LogP contribution in [0.4, 0.5) is 15.8 Å². The van der Waals surface area contributed by atoms with E-state index in [-0.39, 0.29) is 13.1 Å². The van der Waals surface area contributed by atoms with Crippen molar-refractivity contribution in [2.75, 3.05) is 25.4 Å². The molecular weight excluding hydrogens is 293 g/mol. The average molecular weight is 307 g/mol. The number of aliphatic hydroxyl groups excluding tert-OH is 1. The van der Waals surface area contributed by atoms with E-state index in [1.54, 1.807) is 0 Å². The number of nitro benzene ring substituents is 1. The van der Waals surface area contributed by atoms with Crippen molar-refractivity contribution in [3.8, 4) is 0 Å². The monoisotopic (exact) mass is 307 g/mol. The third-order valence-electron chi connectivity index (χ3n) is 2.57. The van der Waals surface area contributed by atoms with Crippen LogP contribution in [0.3, 0.4) is 0 Å². The summed E-state index contributed by atoms with van der Waals surface area (Å²) in [4.78, 5) is 8.85. The molecule has 0 aromatic heterocycles. The van der Waals surface area contributed by atoms with Gasteiger partial charge in [-0.25, -0.2) is 12.8 Å². The summed E-state index contributed by atoms with van der Waals surface area (Å²) in [5.41, 5.74) is 4.24. The number of nitrogen functional groups attached to an aromatic ring is 1. The van der Waals surface area contributed by atoms with Crippen LogP contribution < -0.4 is 5.73 Å². The van der Waals surface area contributed by atoms with Gasteiger partial charge in [0, 0.05) is 19.2 Å². The summed E-state index contributed by atoms with van der Waals surface area (Å²) in [5.74, 6) is -1.30. The molecule has 0 saturated carbocycles. The van der Waals surface area contributed by atoms with E-state index in [2.05, 4.69) is 0 Å². The van der Waals surface area contributed by atoms with Gasteiger partial charge in [0.1, 0.15) is 4.90 Å². The van der Waals surface area contributed by atoms with Gasteiger partial charge in [0.25, 0.3) is 5.69 Å². The molecule has 8 nitrogen and oxygen atoms in total. The maximum atomic E-state index is 13.9. The number of hydrogen-bond acceptors (Lipinski definition) is 6. The molecule has 0 bridgehead atoms. The highest BCUT2D eigenvalue weighted by atomic mass is 32.2. The van der Waals surface area contributed by atoms with Crippen LogP contribution in [0, 0.1) is 15.9 Å². The largest absolute Gasteiger partial charge is 0.397 e. The van der Waals surface area contributed by atoms with Crippen LogP contribution in [0.15, 0.2) is 17.0 Å². The first kappa shape index (κ1) is 16.3. The number of halogens is 1. The molecule has 1 aromatic carbocycles. The Kier molecular flexibility index (Phi) is 4.98. The number of non-ortho nitro benzene ring substituents is 1. The summed E-state index contributed by atoms with van der Waals surface area (Å²) >= 11 is 0. The van der Waals surface area contributed by atoms with Gasteiger partial charge in [0.15, 0.2) is 5.82 Å². The van der Waals surface area contributed by atoms with Crippen molar-refractivity contribution in [3.63, 3.8) is 0 Å². The Bertz CT molecular complexity index is 596. The minimum Gasteiger partial charge on any atom is -0.397 e. The molecule has 112 valence electrons. The van der Waals surface area contributed by atoms with E-state index in [9.17, 15) is 22.9 Å². The van der Waals surface area contributed by atoms with Gasteiger partial charge in [0.05, 0.1) is 23.3 Å². The lowest BCUT2D eigenvalue weighted by Gasteiger charge is -2.20. The van der Waals surface area contributed by atoms with Crippen LogP contribution in [0.5, 0.6) is 0 Å². The fourth-order valence-electron chi connectivity index (χ4n) is 1.67. The van der Waals surface area contributed by atoms with E-state index in [4.69, 9.17) is 10.8 Å². The number of nitrogens with two attached hydrogens (primary N) is 1. The van der Waals surface area contributed by atoms with E-state index in [1.165, 1.54) is 6.92 Å². The zero-order valence-corrected chi connectivity index (χ0v) is 11.4. The highest BCUT2D eigenvalue weighted by Crippen LogP contribution is 2.29. The minimum absolute atomic E-state index is 0.00123. The molecule has 0 spiro atoms. The van der Waals surface area contributed by atoms with Crippen molar-refractivity contribution in [2.45, 2.75) is 11.8 Å². The summed E-state index contributed by atoms with van der Waals surface area (Å²) < 4.78 is 39.1. The predicted molar refractivity (Wildman–Crippen MR) is 69.0 cm³/mol. The zero-order valence-electron chi connectivity index (χ0n) is 10.6. The normalized spacial score (nSPS) is 11.8. The lowest BCUT2D eigenvalue weighted by molar-refractivity contribution is -0.385. The number of aliphatic hydroxyl groups is 1. The second-order valence-corrected chi connectivity index (χ2v) is 5.70. The summed E-state index contributed by atoms with van der Waals surface area (Å²) in [6, 6.07) is 1.28. The van der Waals surface area contributed by atoms with Gasteiger partial charge in [-0.2, -0.15) is 4.31 Å². The van der Waals surface area contributed by atoms with Crippen LogP contribution in [-0.2, 0) is 10.0 Å². The van der Waals surface area contributed by atoms with E-state index in [0.717, 1.165) is 10.4 Å². The predicted octanol–water partition coefficient (Wildman–Crippen LogP) is 0.319. The summed E-state index contributed by atoms with van der Waals surface area (Å²) in [6.45, 7) is 0.835. The molecule has 0 unspecified atom stereocenters. The number of benzene rings is 1. The molecule has 0 aliphatic rings. The van der Waals surface area contributed by atoms with Crippen LogP contribution in [0.1, 0.15) is 6.92 Å². The molecule has 1 rings (SSSR count). The third-order valence-corrected chi connectivity index (χ3v) is 4.64. The topological polar surface area (TPSA) is 127 Å². The van der Waals surface area contributed by atoms with Gasteiger partial charge in [-0.05, 0) is 0 Å². The van der Waals surface area contributed by atoms with Gasteiger partial charge >= 0.3 is 0 Å². The SMILES string of the molecule is CCN(CCO)S(=O)(=O)c1c(N)cc([N+](=O)[O-])cc1F. The Morgan fingerprint density at radius 3 is 2.50 bits per heavy atom. The number of likely N-dealkylation sites (N-methyl/N-ethyl adjacent to an activating group) is 1.